The number of carbonyl (C=O) groups is 2. The molecular weight excluding hydrogens is 594 g/mol. The molecule has 0 saturated carbocycles. The van der Waals surface area contributed by atoms with Gasteiger partial charge in [0.25, 0.3) is 0 Å². The number of pyridine rings is 1. The van der Waals surface area contributed by atoms with Gasteiger partial charge in [0, 0.05) is 23.7 Å². The summed E-state index contributed by atoms with van der Waals surface area (Å²) < 4.78 is 41.9. The maximum atomic E-state index is 13.3. The Labute approximate surface area is 262 Å². The number of nitrogens with zero attached hydrogens (tertiary/aromatic N) is 4. The van der Waals surface area contributed by atoms with Gasteiger partial charge in [-0.25, -0.2) is 23.0 Å². The largest absolute Gasteiger partial charge is 0.461 e. The summed E-state index contributed by atoms with van der Waals surface area (Å²) in [6.07, 6.45) is 1.35. The van der Waals surface area contributed by atoms with E-state index in [1.54, 1.807) is 67.5 Å². The lowest BCUT2D eigenvalue weighted by atomic mass is 10.0. The van der Waals surface area contributed by atoms with Gasteiger partial charge in [0.05, 0.1) is 18.9 Å². The first-order valence-corrected chi connectivity index (χ1v) is 16.6. The van der Waals surface area contributed by atoms with E-state index < -0.39 is 27.7 Å². The molecule has 1 aliphatic heterocycles. The standard InChI is InChI=1S/C33H37N5O6S/c1-5-43-31(39)29-19-23-12-13-25(20-34)35-30(23)38(29)21-24-18-26(17-22-9-6-7-11-28(22)24)36-45(41,42)16-14-27-10-8-15-37(27)32(40)44-33(2,3)4/h6-7,9,11-13,17-19,27,36H,5,8,10,14-16,21H2,1-4H3/t27-/m0/s1. The van der Waals surface area contributed by atoms with Gasteiger partial charge in [0.2, 0.25) is 10.0 Å². The van der Waals surface area contributed by atoms with Gasteiger partial charge >= 0.3 is 12.1 Å². The molecule has 2 aromatic carbocycles. The van der Waals surface area contributed by atoms with E-state index in [-0.39, 0.29) is 42.8 Å². The summed E-state index contributed by atoms with van der Waals surface area (Å²) in [7, 11) is -3.78. The zero-order chi connectivity index (χ0) is 32.4. The molecule has 0 unspecified atom stereocenters. The number of amides is 1. The van der Waals surface area contributed by atoms with Crippen molar-refractivity contribution in [3.63, 3.8) is 0 Å². The summed E-state index contributed by atoms with van der Waals surface area (Å²) in [6, 6.07) is 17.9. The maximum Gasteiger partial charge on any atom is 0.410 e. The first-order valence-electron chi connectivity index (χ1n) is 15.0. The minimum Gasteiger partial charge on any atom is -0.461 e. The lowest BCUT2D eigenvalue weighted by molar-refractivity contribution is 0.0224. The third-order valence-corrected chi connectivity index (χ3v) is 8.94. The molecule has 45 heavy (non-hydrogen) atoms. The Morgan fingerprint density at radius 3 is 2.62 bits per heavy atom. The van der Waals surface area contributed by atoms with Crippen LogP contribution in [-0.4, -0.2) is 65.5 Å². The van der Waals surface area contributed by atoms with Crippen LogP contribution in [0.2, 0.25) is 0 Å². The average molecular weight is 632 g/mol. The van der Waals surface area contributed by atoms with Gasteiger partial charge in [0.1, 0.15) is 28.7 Å². The highest BCUT2D eigenvalue weighted by Crippen LogP contribution is 2.29. The minimum absolute atomic E-state index is 0.169. The number of hydrogen-bond acceptors (Lipinski definition) is 8. The second-order valence-electron chi connectivity index (χ2n) is 12.1. The number of hydrogen-bond donors (Lipinski definition) is 1. The maximum absolute atomic E-state index is 13.3. The predicted octanol–water partition coefficient (Wildman–Crippen LogP) is 5.82. The number of benzene rings is 2. The number of anilines is 1. The van der Waals surface area contributed by atoms with Crippen molar-refractivity contribution in [1.29, 1.82) is 5.26 Å². The molecule has 1 saturated heterocycles. The van der Waals surface area contributed by atoms with E-state index >= 15 is 0 Å². The topological polar surface area (TPSA) is 144 Å². The van der Waals surface area contributed by atoms with E-state index in [9.17, 15) is 23.3 Å². The number of nitrogens with one attached hydrogen (secondary N) is 1. The quantitative estimate of drug-likeness (QED) is 0.228. The molecule has 12 heteroatoms. The van der Waals surface area contributed by atoms with Crippen LogP contribution in [0.15, 0.2) is 54.6 Å². The summed E-state index contributed by atoms with van der Waals surface area (Å²) in [6.45, 7) is 8.03. The Kier molecular flexibility index (Phi) is 9.02. The number of aromatic nitrogens is 2. The number of esters is 1. The number of likely N-dealkylation sites (tertiary alicyclic amines) is 1. The Balaban J connectivity index is 1.43. The van der Waals surface area contributed by atoms with Crippen molar-refractivity contribution in [2.75, 3.05) is 23.6 Å². The second kappa shape index (κ2) is 12.8. The Morgan fingerprint density at radius 1 is 1.11 bits per heavy atom. The second-order valence-corrected chi connectivity index (χ2v) is 13.9. The predicted molar refractivity (Wildman–Crippen MR) is 171 cm³/mol. The number of fused-ring (bicyclic) bond motifs is 2. The molecule has 1 N–H and O–H groups in total. The van der Waals surface area contributed by atoms with Gasteiger partial charge in [-0.1, -0.05) is 24.3 Å². The van der Waals surface area contributed by atoms with Crippen molar-refractivity contribution >= 4 is 49.6 Å². The van der Waals surface area contributed by atoms with Crippen LogP contribution in [0.25, 0.3) is 21.8 Å². The molecule has 236 valence electrons. The Bertz CT molecular complexity index is 1900. The van der Waals surface area contributed by atoms with Crippen molar-refractivity contribution in [3.05, 3.63) is 71.5 Å². The van der Waals surface area contributed by atoms with Crippen LogP contribution < -0.4 is 4.72 Å². The van der Waals surface area contributed by atoms with E-state index in [4.69, 9.17) is 9.47 Å². The monoisotopic (exact) mass is 631 g/mol. The summed E-state index contributed by atoms with van der Waals surface area (Å²) in [5.41, 5.74) is 1.40. The molecule has 1 aliphatic rings. The highest BCUT2D eigenvalue weighted by molar-refractivity contribution is 7.92. The van der Waals surface area contributed by atoms with Crippen LogP contribution in [0.5, 0.6) is 0 Å². The van der Waals surface area contributed by atoms with Gasteiger partial charge in [0.15, 0.2) is 0 Å². The molecule has 0 bridgehead atoms. The van der Waals surface area contributed by atoms with Gasteiger partial charge in [-0.2, -0.15) is 5.26 Å². The van der Waals surface area contributed by atoms with Gasteiger partial charge in [-0.3, -0.25) is 4.72 Å². The van der Waals surface area contributed by atoms with Crippen molar-refractivity contribution in [1.82, 2.24) is 14.5 Å². The summed E-state index contributed by atoms with van der Waals surface area (Å²) in [4.78, 5) is 31.7. The van der Waals surface area contributed by atoms with Crippen LogP contribution in [0.3, 0.4) is 0 Å². The zero-order valence-electron chi connectivity index (χ0n) is 25.9. The molecule has 0 spiro atoms. The van der Waals surface area contributed by atoms with Crippen molar-refractivity contribution < 1.29 is 27.5 Å². The molecular formula is C33H37N5O6S. The van der Waals surface area contributed by atoms with Crippen LogP contribution in [-0.2, 0) is 26.0 Å². The fourth-order valence-corrected chi connectivity index (χ4v) is 6.85. The number of nitriles is 1. The van der Waals surface area contributed by atoms with Crippen molar-refractivity contribution in [2.45, 2.75) is 65.1 Å². The third-order valence-electron chi connectivity index (χ3n) is 7.62. The lowest BCUT2D eigenvalue weighted by Gasteiger charge is -2.28. The highest BCUT2D eigenvalue weighted by atomic mass is 32.2. The van der Waals surface area contributed by atoms with E-state index in [1.807, 2.05) is 30.3 Å². The fourth-order valence-electron chi connectivity index (χ4n) is 5.69. The molecule has 0 radical (unpaired) electrons. The average Bonchev–Trinajstić information content (AvgIpc) is 3.60. The van der Waals surface area contributed by atoms with Gasteiger partial charge < -0.3 is 18.9 Å². The van der Waals surface area contributed by atoms with E-state index in [2.05, 4.69) is 9.71 Å². The van der Waals surface area contributed by atoms with Crippen molar-refractivity contribution in [2.24, 2.45) is 0 Å². The first kappa shape index (κ1) is 31.8. The number of rotatable bonds is 9. The van der Waals surface area contributed by atoms with Crippen molar-refractivity contribution in [3.8, 4) is 6.07 Å². The fraction of sp³-hybridized carbons (Fsp3) is 0.394. The van der Waals surface area contributed by atoms with E-state index in [0.717, 1.165) is 22.8 Å². The molecule has 1 atom stereocenters. The third kappa shape index (κ3) is 7.37. The van der Waals surface area contributed by atoms with Crippen LogP contribution >= 0.6 is 0 Å². The molecule has 1 amide bonds. The summed E-state index contributed by atoms with van der Waals surface area (Å²) in [5, 5.41) is 11.8. The van der Waals surface area contributed by atoms with Crippen LogP contribution in [0, 0.1) is 11.3 Å². The lowest BCUT2D eigenvalue weighted by Crippen LogP contribution is -2.40. The number of sulfonamides is 1. The van der Waals surface area contributed by atoms with Gasteiger partial charge in [-0.05, 0) is 93.6 Å². The first-order chi connectivity index (χ1) is 21.4. The Morgan fingerprint density at radius 2 is 1.89 bits per heavy atom. The number of carbonyl (C=O) groups excluding carboxylic acids is 2. The smallest absolute Gasteiger partial charge is 0.410 e. The normalized spacial score (nSPS) is 15.3. The summed E-state index contributed by atoms with van der Waals surface area (Å²) in [5.74, 6) is -0.697. The number of ether oxygens (including phenoxy) is 2. The molecule has 2 aromatic heterocycles. The van der Waals surface area contributed by atoms with Gasteiger partial charge in [-0.15, -0.1) is 0 Å². The molecule has 5 rings (SSSR count). The van der Waals surface area contributed by atoms with E-state index in [1.165, 1.54) is 0 Å². The molecule has 1 fully saturated rings. The molecule has 4 aromatic rings. The Hall–Kier alpha value is -4.63. The summed E-state index contributed by atoms with van der Waals surface area (Å²) >= 11 is 0. The van der Waals surface area contributed by atoms with Crippen LogP contribution in [0.4, 0.5) is 10.5 Å². The molecule has 3 heterocycles. The van der Waals surface area contributed by atoms with E-state index in [0.29, 0.717) is 29.7 Å². The highest BCUT2D eigenvalue weighted by Gasteiger charge is 2.33. The SMILES string of the molecule is CCOC(=O)c1cc2ccc(C#N)nc2n1Cc1cc(NS(=O)(=O)CC[C@@H]2CCCN2C(=O)OC(C)(C)C)cc2ccccc12. The molecule has 0 aliphatic carbocycles. The minimum atomic E-state index is -3.78. The van der Waals surface area contributed by atoms with Crippen LogP contribution in [0.1, 0.15) is 68.7 Å². The molecule has 11 nitrogen and oxygen atoms in total. The zero-order valence-corrected chi connectivity index (χ0v) is 26.7.